The molecule has 5 nitrogen and oxygen atoms in total. The second-order valence-electron chi connectivity index (χ2n) is 7.27. The highest BCUT2D eigenvalue weighted by molar-refractivity contribution is 7.89. The minimum absolute atomic E-state index is 0.448. The highest BCUT2D eigenvalue weighted by atomic mass is 32.2. The van der Waals surface area contributed by atoms with Crippen molar-refractivity contribution in [2.24, 2.45) is 0 Å². The molecule has 0 radical (unpaired) electrons. The molecule has 0 unspecified atom stereocenters. The molecule has 6 heteroatoms. The van der Waals surface area contributed by atoms with Gasteiger partial charge in [0.05, 0.1) is 44.7 Å². The van der Waals surface area contributed by atoms with Crippen LogP contribution in [0.1, 0.15) is 16.7 Å². The van der Waals surface area contributed by atoms with Crippen molar-refractivity contribution >= 4 is 10.0 Å². The van der Waals surface area contributed by atoms with Gasteiger partial charge in [-0.25, -0.2) is 8.42 Å². The largest absolute Gasteiger partial charge is 0.497 e. The van der Waals surface area contributed by atoms with Crippen LogP contribution in [-0.2, 0) is 16.4 Å². The summed E-state index contributed by atoms with van der Waals surface area (Å²) in [5, 5.41) is 0. The average Bonchev–Trinajstić information content (AvgIpc) is 2.69. The summed E-state index contributed by atoms with van der Waals surface area (Å²) in [7, 11) is -1.74. The van der Waals surface area contributed by atoms with Gasteiger partial charge < -0.3 is 9.64 Å². The molecule has 1 saturated heterocycles. The number of ether oxygens (including phenoxy) is 1. The van der Waals surface area contributed by atoms with Gasteiger partial charge in [-0.3, -0.25) is 0 Å². The Bertz CT molecular complexity index is 871. The third kappa shape index (κ3) is 4.69. The molecule has 1 heterocycles. The molecule has 2 aromatic rings. The monoisotopic (exact) mass is 389 g/mol. The van der Waals surface area contributed by atoms with Crippen LogP contribution in [0.15, 0.2) is 47.4 Å². The van der Waals surface area contributed by atoms with Crippen molar-refractivity contribution in [3.05, 3.63) is 59.2 Å². The van der Waals surface area contributed by atoms with Gasteiger partial charge in [-0.1, -0.05) is 24.3 Å². The van der Waals surface area contributed by atoms with Crippen LogP contribution in [0.4, 0.5) is 0 Å². The lowest BCUT2D eigenvalue weighted by Crippen LogP contribution is -3.15. The number of hydrogen-bond acceptors (Lipinski definition) is 3. The summed E-state index contributed by atoms with van der Waals surface area (Å²) in [6.07, 6.45) is 0.989. The lowest BCUT2D eigenvalue weighted by Gasteiger charge is -2.32. The van der Waals surface area contributed by atoms with Crippen molar-refractivity contribution in [2.45, 2.75) is 25.2 Å². The Morgan fingerprint density at radius 3 is 2.33 bits per heavy atom. The number of benzene rings is 2. The van der Waals surface area contributed by atoms with E-state index in [4.69, 9.17) is 4.74 Å². The van der Waals surface area contributed by atoms with E-state index in [1.54, 1.807) is 17.5 Å². The summed E-state index contributed by atoms with van der Waals surface area (Å²) in [6, 6.07) is 13.8. The molecular weight excluding hydrogens is 360 g/mol. The van der Waals surface area contributed by atoms with Gasteiger partial charge >= 0.3 is 0 Å². The number of quaternary nitrogens is 1. The van der Waals surface area contributed by atoms with Crippen LogP contribution >= 0.6 is 0 Å². The highest BCUT2D eigenvalue weighted by Gasteiger charge is 2.31. The van der Waals surface area contributed by atoms with E-state index in [0.717, 1.165) is 42.9 Å². The predicted octanol–water partition coefficient (Wildman–Crippen LogP) is 1.44. The van der Waals surface area contributed by atoms with Gasteiger partial charge in [-0.2, -0.15) is 4.31 Å². The minimum atomic E-state index is -3.41. The number of methoxy groups -OCH3 is 1. The van der Waals surface area contributed by atoms with Crippen LogP contribution in [0.3, 0.4) is 0 Å². The van der Waals surface area contributed by atoms with Crippen molar-refractivity contribution < 1.29 is 18.1 Å². The molecule has 0 spiro atoms. The van der Waals surface area contributed by atoms with Crippen molar-refractivity contribution in [3.63, 3.8) is 0 Å². The molecule has 1 fully saturated rings. The third-order valence-corrected chi connectivity index (χ3v) is 7.36. The van der Waals surface area contributed by atoms with E-state index in [0.29, 0.717) is 18.0 Å². The summed E-state index contributed by atoms with van der Waals surface area (Å²) in [5.41, 5.74) is 3.08. The molecule has 0 aliphatic carbocycles. The first-order valence-corrected chi connectivity index (χ1v) is 10.9. The van der Waals surface area contributed by atoms with Gasteiger partial charge in [-0.05, 0) is 48.7 Å². The van der Waals surface area contributed by atoms with E-state index in [2.05, 4.69) is 12.1 Å². The molecule has 1 N–H and O–H groups in total. The lowest BCUT2D eigenvalue weighted by molar-refractivity contribution is -0.903. The molecule has 1 aliphatic rings. The fourth-order valence-electron chi connectivity index (χ4n) is 3.53. The Morgan fingerprint density at radius 2 is 1.70 bits per heavy atom. The lowest BCUT2D eigenvalue weighted by atomic mass is 10.1. The maximum Gasteiger partial charge on any atom is 0.243 e. The van der Waals surface area contributed by atoms with Crippen LogP contribution in [0.2, 0.25) is 0 Å². The SMILES string of the molecule is COc1ccc(CC[NH+]2CCN(S(=O)(=O)c3cc(C)ccc3C)CC2)cc1. The topological polar surface area (TPSA) is 51.1 Å². The van der Waals surface area contributed by atoms with Gasteiger partial charge in [0.2, 0.25) is 10.0 Å². The van der Waals surface area contributed by atoms with E-state index < -0.39 is 10.0 Å². The maximum absolute atomic E-state index is 13.0. The first kappa shape index (κ1) is 19.9. The van der Waals surface area contributed by atoms with E-state index in [1.807, 2.05) is 38.1 Å². The molecule has 0 atom stereocenters. The smallest absolute Gasteiger partial charge is 0.243 e. The molecule has 0 bridgehead atoms. The summed E-state index contributed by atoms with van der Waals surface area (Å²) >= 11 is 0. The molecule has 2 aromatic carbocycles. The fraction of sp³-hybridized carbons (Fsp3) is 0.429. The number of aryl methyl sites for hydroxylation is 2. The van der Waals surface area contributed by atoms with E-state index in [1.165, 1.54) is 10.5 Å². The average molecular weight is 390 g/mol. The molecule has 27 heavy (non-hydrogen) atoms. The fourth-order valence-corrected chi connectivity index (χ4v) is 5.28. The number of hydrogen-bond donors (Lipinski definition) is 1. The molecule has 0 amide bonds. The Balaban J connectivity index is 1.57. The summed E-state index contributed by atoms with van der Waals surface area (Å²) in [5.74, 6) is 0.872. The van der Waals surface area contributed by atoms with E-state index in [-0.39, 0.29) is 0 Å². The first-order valence-electron chi connectivity index (χ1n) is 9.44. The molecule has 1 aliphatic heterocycles. The number of rotatable bonds is 6. The van der Waals surface area contributed by atoms with Crippen molar-refractivity contribution in [1.82, 2.24) is 4.31 Å². The summed E-state index contributed by atoms with van der Waals surface area (Å²) in [4.78, 5) is 1.91. The van der Waals surface area contributed by atoms with Gasteiger partial charge in [0.1, 0.15) is 5.75 Å². The number of nitrogens with one attached hydrogen (secondary N) is 1. The van der Waals surface area contributed by atoms with Crippen LogP contribution in [-0.4, -0.2) is 52.6 Å². The predicted molar refractivity (Wildman–Crippen MR) is 107 cm³/mol. The summed E-state index contributed by atoms with van der Waals surface area (Å²) < 4.78 is 32.9. The molecular formula is C21H29N2O3S+. The van der Waals surface area contributed by atoms with Crippen molar-refractivity contribution in [3.8, 4) is 5.75 Å². The zero-order chi connectivity index (χ0) is 19.4. The highest BCUT2D eigenvalue weighted by Crippen LogP contribution is 2.21. The zero-order valence-corrected chi connectivity index (χ0v) is 17.2. The molecule has 146 valence electrons. The van der Waals surface area contributed by atoms with Gasteiger partial charge in [0, 0.05) is 6.42 Å². The number of nitrogens with zero attached hydrogens (tertiary/aromatic N) is 1. The van der Waals surface area contributed by atoms with Crippen LogP contribution in [0.5, 0.6) is 5.75 Å². The van der Waals surface area contributed by atoms with Gasteiger partial charge in [0.15, 0.2) is 0 Å². The normalized spacial score (nSPS) is 16.4. The Hall–Kier alpha value is -1.89. The minimum Gasteiger partial charge on any atom is -0.497 e. The second kappa shape index (κ2) is 8.42. The number of piperazine rings is 1. The van der Waals surface area contributed by atoms with E-state index in [9.17, 15) is 8.42 Å². The Labute approximate surface area is 162 Å². The quantitative estimate of drug-likeness (QED) is 0.814. The molecule has 0 saturated carbocycles. The standard InChI is InChI=1S/C21H28N2O3S/c1-17-4-5-18(2)21(16-17)27(24,25)23-14-12-22(13-15-23)11-10-19-6-8-20(26-3)9-7-19/h4-9,16H,10-15H2,1-3H3/p+1. The van der Waals surface area contributed by atoms with Gasteiger partial charge in [0.25, 0.3) is 0 Å². The summed E-state index contributed by atoms with van der Waals surface area (Å²) in [6.45, 7) is 7.66. The second-order valence-corrected chi connectivity index (χ2v) is 9.18. The maximum atomic E-state index is 13.0. The van der Waals surface area contributed by atoms with Crippen LogP contribution in [0.25, 0.3) is 0 Å². The van der Waals surface area contributed by atoms with Crippen molar-refractivity contribution in [1.29, 1.82) is 0 Å². The third-order valence-electron chi connectivity index (χ3n) is 5.32. The van der Waals surface area contributed by atoms with Crippen molar-refractivity contribution in [2.75, 3.05) is 39.8 Å². The Morgan fingerprint density at radius 1 is 1.04 bits per heavy atom. The van der Waals surface area contributed by atoms with Crippen LogP contribution in [0, 0.1) is 13.8 Å². The first-order chi connectivity index (χ1) is 12.9. The van der Waals surface area contributed by atoms with Crippen LogP contribution < -0.4 is 9.64 Å². The van der Waals surface area contributed by atoms with E-state index >= 15 is 0 Å². The molecule has 3 rings (SSSR count). The molecule has 0 aromatic heterocycles. The Kier molecular flexibility index (Phi) is 6.19. The zero-order valence-electron chi connectivity index (χ0n) is 16.4. The van der Waals surface area contributed by atoms with Gasteiger partial charge in [-0.15, -0.1) is 0 Å². The number of sulfonamides is 1.